The van der Waals surface area contributed by atoms with Crippen LogP contribution < -0.4 is 5.32 Å². The van der Waals surface area contributed by atoms with Crippen LogP contribution in [0.15, 0.2) is 39.9 Å². The first-order valence-corrected chi connectivity index (χ1v) is 11.7. The number of aromatic nitrogens is 1. The number of nitrogens with one attached hydrogen (secondary N) is 1. The van der Waals surface area contributed by atoms with Gasteiger partial charge in [-0.25, -0.2) is 9.59 Å². The number of amides is 1. The fraction of sp³-hybridized carbons (Fsp3) is 0.478. The number of para-hydroxylation sites is 1. The Kier molecular flexibility index (Phi) is 8.39. The summed E-state index contributed by atoms with van der Waals surface area (Å²) in [5.74, 6) is 0. The highest BCUT2D eigenvalue weighted by Gasteiger charge is 2.23. The molecule has 2 rings (SSSR count). The van der Waals surface area contributed by atoms with Gasteiger partial charge >= 0.3 is 12.2 Å². The number of alkyl carbamates (subject to hydrolysis) is 1. The Bertz CT molecular complexity index is 964. The minimum Gasteiger partial charge on any atom is -0.444 e. The molecule has 0 bridgehead atoms. The summed E-state index contributed by atoms with van der Waals surface area (Å²) >= 11 is 6.73. The van der Waals surface area contributed by atoms with Gasteiger partial charge in [-0.3, -0.25) is 4.57 Å². The van der Waals surface area contributed by atoms with Gasteiger partial charge in [-0.2, -0.15) is 0 Å². The zero-order valence-electron chi connectivity index (χ0n) is 18.8. The molecule has 8 heteroatoms. The maximum absolute atomic E-state index is 12.8. The summed E-state index contributed by atoms with van der Waals surface area (Å²) in [6.45, 7) is 11.0. The summed E-state index contributed by atoms with van der Waals surface area (Å²) in [5, 5.41) is 3.88. The van der Waals surface area contributed by atoms with E-state index < -0.39 is 23.4 Å². The number of nitrogens with zero attached hydrogens (tertiary/aromatic N) is 1. The molecular weight excluding hydrogens is 528 g/mol. The number of fused-ring (bicyclic) bond motifs is 1. The third-order valence-electron chi connectivity index (χ3n) is 4.13. The second-order valence-corrected chi connectivity index (χ2v) is 12.1. The van der Waals surface area contributed by atoms with Gasteiger partial charge < -0.3 is 14.8 Å². The summed E-state index contributed by atoms with van der Waals surface area (Å²) in [6, 6.07) is 7.42. The molecule has 31 heavy (non-hydrogen) atoms. The third kappa shape index (κ3) is 8.33. The highest BCUT2D eigenvalue weighted by Crippen LogP contribution is 2.25. The molecule has 1 N–H and O–H groups in total. The van der Waals surface area contributed by atoms with Crippen molar-refractivity contribution in [1.29, 1.82) is 0 Å². The summed E-state index contributed by atoms with van der Waals surface area (Å²) in [6.07, 6.45) is 3.88. The van der Waals surface area contributed by atoms with Crippen LogP contribution in [0, 0.1) is 0 Å². The van der Waals surface area contributed by atoms with Crippen molar-refractivity contribution in [1.82, 2.24) is 9.88 Å². The molecule has 1 aromatic heterocycles. The molecule has 0 radical (unpaired) electrons. The Labute approximate surface area is 200 Å². The minimum atomic E-state index is -0.601. The number of hydrogen-bond donors (Lipinski definition) is 1. The van der Waals surface area contributed by atoms with Gasteiger partial charge in [-0.05, 0) is 97.9 Å². The standard InChI is InChI=1S/C23H30Br2N2O4/c1-22(2,3)30-20(28)26-16(11-12-19(24)25)13-15-14-27(21(29)31-23(4,5)6)18-10-8-7-9-17(15)18/h7-10,12,14,16H,11,13H2,1-6H3,(H,26,28). The molecule has 1 aromatic carbocycles. The van der Waals surface area contributed by atoms with Crippen molar-refractivity contribution >= 4 is 54.9 Å². The fourth-order valence-corrected chi connectivity index (χ4v) is 3.41. The first-order chi connectivity index (χ1) is 14.2. The lowest BCUT2D eigenvalue weighted by molar-refractivity contribution is 0.0500. The molecule has 1 unspecified atom stereocenters. The van der Waals surface area contributed by atoms with E-state index in [1.165, 1.54) is 4.57 Å². The molecule has 0 aliphatic carbocycles. The van der Waals surface area contributed by atoms with Crippen LogP contribution in [0.3, 0.4) is 0 Å². The Balaban J connectivity index is 2.35. The SMILES string of the molecule is CC(C)(C)OC(=O)NC(CC=C(Br)Br)Cc1cn(C(=O)OC(C)(C)C)c2ccccc12. The van der Waals surface area contributed by atoms with Crippen molar-refractivity contribution in [2.45, 2.75) is 71.6 Å². The van der Waals surface area contributed by atoms with E-state index in [-0.39, 0.29) is 6.04 Å². The van der Waals surface area contributed by atoms with E-state index in [4.69, 9.17) is 9.47 Å². The molecule has 0 saturated heterocycles. The average molecular weight is 558 g/mol. The predicted octanol–water partition coefficient (Wildman–Crippen LogP) is 6.88. The molecule has 0 fully saturated rings. The molecule has 0 aliphatic heterocycles. The van der Waals surface area contributed by atoms with Crippen molar-refractivity contribution in [2.75, 3.05) is 0 Å². The Morgan fingerprint density at radius 2 is 1.68 bits per heavy atom. The lowest BCUT2D eigenvalue weighted by Gasteiger charge is -2.23. The fourth-order valence-electron chi connectivity index (χ4n) is 3.04. The Morgan fingerprint density at radius 3 is 2.26 bits per heavy atom. The summed E-state index contributed by atoms with van der Waals surface area (Å²) in [4.78, 5) is 25.1. The zero-order chi connectivity index (χ0) is 23.4. The van der Waals surface area contributed by atoms with E-state index in [0.717, 1.165) is 19.9 Å². The topological polar surface area (TPSA) is 69.6 Å². The van der Waals surface area contributed by atoms with Gasteiger partial charge in [0.15, 0.2) is 0 Å². The number of carbonyl (C=O) groups is 2. The summed E-state index contributed by atoms with van der Waals surface area (Å²) < 4.78 is 13.3. The molecule has 6 nitrogen and oxygen atoms in total. The lowest BCUT2D eigenvalue weighted by atomic mass is 10.0. The number of carbonyl (C=O) groups excluding carboxylic acids is 2. The van der Waals surface area contributed by atoms with Gasteiger partial charge in [-0.1, -0.05) is 24.3 Å². The number of halogens is 2. The minimum absolute atomic E-state index is 0.238. The maximum atomic E-state index is 12.8. The number of hydrogen-bond acceptors (Lipinski definition) is 4. The van der Waals surface area contributed by atoms with E-state index in [0.29, 0.717) is 12.8 Å². The predicted molar refractivity (Wildman–Crippen MR) is 131 cm³/mol. The van der Waals surface area contributed by atoms with Crippen LogP contribution in [0.4, 0.5) is 9.59 Å². The molecule has 1 atom stereocenters. The smallest absolute Gasteiger partial charge is 0.419 e. The normalized spacial score (nSPS) is 12.9. The van der Waals surface area contributed by atoms with Crippen molar-refractivity contribution in [3.63, 3.8) is 0 Å². The van der Waals surface area contributed by atoms with Crippen LogP contribution in [0.25, 0.3) is 10.9 Å². The van der Waals surface area contributed by atoms with Crippen molar-refractivity contribution in [3.8, 4) is 0 Å². The van der Waals surface area contributed by atoms with E-state index in [1.54, 1.807) is 6.20 Å². The van der Waals surface area contributed by atoms with Gasteiger partial charge in [-0.15, -0.1) is 0 Å². The first kappa shape index (κ1) is 25.5. The van der Waals surface area contributed by atoms with Gasteiger partial charge in [0.05, 0.1) is 8.91 Å². The van der Waals surface area contributed by atoms with E-state index in [1.807, 2.05) is 71.9 Å². The Hall–Kier alpha value is -1.80. The molecule has 0 saturated carbocycles. The van der Waals surface area contributed by atoms with Crippen molar-refractivity contribution < 1.29 is 19.1 Å². The van der Waals surface area contributed by atoms with Gasteiger partial charge in [0, 0.05) is 17.6 Å². The van der Waals surface area contributed by atoms with E-state index in [9.17, 15) is 9.59 Å². The quantitative estimate of drug-likeness (QED) is 0.435. The van der Waals surface area contributed by atoms with Crippen molar-refractivity contribution in [2.24, 2.45) is 0 Å². The van der Waals surface area contributed by atoms with E-state index in [2.05, 4.69) is 37.2 Å². The van der Waals surface area contributed by atoms with Gasteiger partial charge in [0.2, 0.25) is 0 Å². The molecule has 1 amide bonds. The molecule has 0 spiro atoms. The molecule has 1 heterocycles. The van der Waals surface area contributed by atoms with Gasteiger partial charge in [0.1, 0.15) is 11.2 Å². The van der Waals surface area contributed by atoms with Crippen LogP contribution in [0.5, 0.6) is 0 Å². The summed E-state index contributed by atoms with van der Waals surface area (Å²) in [7, 11) is 0. The largest absolute Gasteiger partial charge is 0.444 e. The average Bonchev–Trinajstić information content (AvgIpc) is 2.95. The monoisotopic (exact) mass is 556 g/mol. The molecule has 170 valence electrons. The zero-order valence-corrected chi connectivity index (χ0v) is 22.0. The maximum Gasteiger partial charge on any atom is 0.419 e. The second-order valence-electron chi connectivity index (χ2n) is 9.30. The number of benzene rings is 1. The number of rotatable bonds is 5. The second kappa shape index (κ2) is 10.2. The van der Waals surface area contributed by atoms with Crippen LogP contribution in [0.2, 0.25) is 0 Å². The first-order valence-electron chi connectivity index (χ1n) is 10.1. The van der Waals surface area contributed by atoms with Gasteiger partial charge in [0.25, 0.3) is 0 Å². The molecule has 2 aromatic rings. The third-order valence-corrected chi connectivity index (χ3v) is 4.78. The lowest BCUT2D eigenvalue weighted by Crippen LogP contribution is -2.40. The van der Waals surface area contributed by atoms with Crippen LogP contribution in [0.1, 0.15) is 53.5 Å². The highest BCUT2D eigenvalue weighted by atomic mass is 79.9. The van der Waals surface area contributed by atoms with E-state index >= 15 is 0 Å². The van der Waals surface area contributed by atoms with Crippen LogP contribution in [-0.2, 0) is 15.9 Å². The summed E-state index contributed by atoms with van der Waals surface area (Å²) in [5.41, 5.74) is 0.505. The van der Waals surface area contributed by atoms with Crippen LogP contribution in [-0.4, -0.2) is 34.0 Å². The Morgan fingerprint density at radius 1 is 1.06 bits per heavy atom. The van der Waals surface area contributed by atoms with Crippen molar-refractivity contribution in [3.05, 3.63) is 45.5 Å². The highest BCUT2D eigenvalue weighted by molar-refractivity contribution is 9.28. The number of ether oxygens (including phenoxy) is 2. The molecule has 0 aliphatic rings. The molecular formula is C23H30Br2N2O4. The van der Waals surface area contributed by atoms with Crippen LogP contribution >= 0.6 is 31.9 Å².